The highest BCUT2D eigenvalue weighted by Gasteiger charge is 1.96. The molecule has 0 heterocycles. The summed E-state index contributed by atoms with van der Waals surface area (Å²) in [6.07, 6.45) is 0. The van der Waals surface area contributed by atoms with Gasteiger partial charge in [-0.3, -0.25) is 0 Å². The molecule has 0 aliphatic carbocycles. The van der Waals surface area contributed by atoms with Gasteiger partial charge in [0.05, 0.1) is 0 Å². The van der Waals surface area contributed by atoms with Crippen LogP contribution in [0.15, 0.2) is 18.2 Å². The maximum Gasteiger partial charge on any atom is 0.0450 e. The lowest BCUT2D eigenvalue weighted by atomic mass is 10.2. The summed E-state index contributed by atoms with van der Waals surface area (Å²) in [7, 11) is 0. The van der Waals surface area contributed by atoms with Crippen LogP contribution in [0.25, 0.3) is 0 Å². The normalized spacial score (nSPS) is 8.70. The Bertz CT molecular complexity index is 203. The smallest absolute Gasteiger partial charge is 0.0450 e. The summed E-state index contributed by atoms with van der Waals surface area (Å²) in [4.78, 5) is 0. The minimum atomic E-state index is 0. The van der Waals surface area contributed by atoms with E-state index in [2.05, 4.69) is 0 Å². The Morgan fingerprint density at radius 2 is 1.50 bits per heavy atom. The van der Waals surface area contributed by atoms with Gasteiger partial charge in [0.2, 0.25) is 0 Å². The SMILES string of the molecule is Cc1c(Cl)cccc1Cl.N. The van der Waals surface area contributed by atoms with Crippen molar-refractivity contribution in [2.75, 3.05) is 0 Å². The highest BCUT2D eigenvalue weighted by Crippen LogP contribution is 2.21. The number of hydrogen-bond donors (Lipinski definition) is 1. The van der Waals surface area contributed by atoms with Crippen LogP contribution >= 0.6 is 23.2 Å². The summed E-state index contributed by atoms with van der Waals surface area (Å²) < 4.78 is 0. The van der Waals surface area contributed by atoms with Crippen molar-refractivity contribution in [3.8, 4) is 0 Å². The average Bonchev–Trinajstić information content (AvgIpc) is 1.83. The first-order chi connectivity index (χ1) is 4.22. The standard InChI is InChI=1S/C7H6Cl2.H3N/c1-5-6(8)3-2-4-7(5)9;/h2-4H,1H3;1H3. The fourth-order valence-electron chi connectivity index (χ4n) is 0.581. The lowest BCUT2D eigenvalue weighted by Gasteiger charge is -1.96. The van der Waals surface area contributed by atoms with Crippen molar-refractivity contribution in [2.24, 2.45) is 0 Å². The molecule has 1 nitrogen and oxygen atoms in total. The van der Waals surface area contributed by atoms with E-state index in [9.17, 15) is 0 Å². The third kappa shape index (κ3) is 1.87. The first kappa shape index (κ1) is 9.76. The van der Waals surface area contributed by atoms with Crippen LogP contribution in [0.2, 0.25) is 10.0 Å². The highest BCUT2D eigenvalue weighted by molar-refractivity contribution is 6.35. The molecule has 0 aliphatic heterocycles. The fourth-order valence-corrected chi connectivity index (χ4v) is 0.979. The molecule has 0 aromatic heterocycles. The van der Waals surface area contributed by atoms with Crippen molar-refractivity contribution in [1.29, 1.82) is 0 Å². The molecule has 0 bridgehead atoms. The van der Waals surface area contributed by atoms with Crippen molar-refractivity contribution in [3.63, 3.8) is 0 Å². The summed E-state index contributed by atoms with van der Waals surface area (Å²) in [6, 6.07) is 5.48. The molecule has 3 heteroatoms. The zero-order valence-electron chi connectivity index (χ0n) is 5.70. The number of rotatable bonds is 0. The topological polar surface area (TPSA) is 35.0 Å². The molecule has 1 aromatic carbocycles. The molecule has 3 N–H and O–H groups in total. The molecule has 0 saturated heterocycles. The Kier molecular flexibility index (Phi) is 3.72. The molecular formula is C7H9Cl2N. The summed E-state index contributed by atoms with van der Waals surface area (Å²) in [6.45, 7) is 1.89. The molecule has 0 saturated carbocycles. The van der Waals surface area contributed by atoms with Crippen molar-refractivity contribution >= 4 is 23.2 Å². The molecule has 0 unspecified atom stereocenters. The fraction of sp³-hybridized carbons (Fsp3) is 0.143. The Balaban J connectivity index is 0.000000810. The first-order valence-corrected chi connectivity index (χ1v) is 3.38. The number of halogens is 2. The van der Waals surface area contributed by atoms with Gasteiger partial charge in [0.1, 0.15) is 0 Å². The zero-order chi connectivity index (χ0) is 6.85. The number of hydrogen-bond acceptors (Lipinski definition) is 1. The molecule has 0 aliphatic rings. The average molecular weight is 178 g/mol. The van der Waals surface area contributed by atoms with Crippen LogP contribution in [-0.2, 0) is 0 Å². The van der Waals surface area contributed by atoms with Crippen LogP contribution in [0.4, 0.5) is 0 Å². The van der Waals surface area contributed by atoms with Crippen LogP contribution in [-0.4, -0.2) is 0 Å². The predicted molar refractivity (Wildman–Crippen MR) is 46.2 cm³/mol. The van der Waals surface area contributed by atoms with Crippen molar-refractivity contribution < 1.29 is 0 Å². The maximum absolute atomic E-state index is 5.73. The number of benzene rings is 1. The Hall–Kier alpha value is -0.240. The predicted octanol–water partition coefficient (Wildman–Crippen LogP) is 3.46. The van der Waals surface area contributed by atoms with Gasteiger partial charge in [-0.15, -0.1) is 0 Å². The van der Waals surface area contributed by atoms with Crippen molar-refractivity contribution in [3.05, 3.63) is 33.8 Å². The monoisotopic (exact) mass is 177 g/mol. The van der Waals surface area contributed by atoms with E-state index in [1.807, 2.05) is 25.1 Å². The van der Waals surface area contributed by atoms with E-state index in [0.29, 0.717) is 0 Å². The van der Waals surface area contributed by atoms with Crippen molar-refractivity contribution in [2.45, 2.75) is 6.92 Å². The van der Waals surface area contributed by atoms with E-state index in [4.69, 9.17) is 23.2 Å². The van der Waals surface area contributed by atoms with Gasteiger partial charge in [0, 0.05) is 10.0 Å². The molecule has 0 radical (unpaired) electrons. The van der Waals surface area contributed by atoms with Gasteiger partial charge in [-0.25, -0.2) is 0 Å². The maximum atomic E-state index is 5.73. The highest BCUT2D eigenvalue weighted by atomic mass is 35.5. The van der Waals surface area contributed by atoms with E-state index in [1.54, 1.807) is 0 Å². The van der Waals surface area contributed by atoms with Gasteiger partial charge in [-0.1, -0.05) is 29.3 Å². The van der Waals surface area contributed by atoms with Crippen LogP contribution in [0.1, 0.15) is 5.56 Å². The van der Waals surface area contributed by atoms with Gasteiger partial charge in [0.25, 0.3) is 0 Å². The van der Waals surface area contributed by atoms with Crippen LogP contribution in [0, 0.1) is 6.92 Å². The first-order valence-electron chi connectivity index (χ1n) is 2.62. The van der Waals surface area contributed by atoms with Crippen molar-refractivity contribution in [1.82, 2.24) is 6.15 Å². The Labute approximate surface area is 70.5 Å². The second-order valence-corrected chi connectivity index (χ2v) is 2.66. The molecule has 0 fully saturated rings. The minimum Gasteiger partial charge on any atom is -0.344 e. The summed E-state index contributed by atoms with van der Waals surface area (Å²) >= 11 is 11.5. The lowest BCUT2D eigenvalue weighted by Crippen LogP contribution is -1.73. The lowest BCUT2D eigenvalue weighted by molar-refractivity contribution is 1.47. The molecular weight excluding hydrogens is 169 g/mol. The molecule has 0 spiro atoms. The molecule has 0 amide bonds. The Morgan fingerprint density at radius 1 is 1.10 bits per heavy atom. The largest absolute Gasteiger partial charge is 0.344 e. The quantitative estimate of drug-likeness (QED) is 0.648. The molecule has 1 rings (SSSR count). The Morgan fingerprint density at radius 3 is 1.80 bits per heavy atom. The van der Waals surface area contributed by atoms with Crippen LogP contribution < -0.4 is 6.15 Å². The van der Waals surface area contributed by atoms with Gasteiger partial charge >= 0.3 is 0 Å². The molecule has 56 valence electrons. The van der Waals surface area contributed by atoms with Crippen LogP contribution in [0.5, 0.6) is 0 Å². The third-order valence-electron chi connectivity index (χ3n) is 1.20. The zero-order valence-corrected chi connectivity index (χ0v) is 7.21. The van der Waals surface area contributed by atoms with E-state index < -0.39 is 0 Å². The molecule has 1 aromatic rings. The van der Waals surface area contributed by atoms with E-state index in [0.717, 1.165) is 15.6 Å². The van der Waals surface area contributed by atoms with E-state index in [1.165, 1.54) is 0 Å². The van der Waals surface area contributed by atoms with Gasteiger partial charge in [-0.05, 0) is 24.6 Å². The summed E-state index contributed by atoms with van der Waals surface area (Å²) in [5.41, 5.74) is 0.945. The summed E-state index contributed by atoms with van der Waals surface area (Å²) in [5.74, 6) is 0. The second-order valence-electron chi connectivity index (χ2n) is 1.85. The summed E-state index contributed by atoms with van der Waals surface area (Å²) in [5, 5.41) is 1.45. The molecule has 0 atom stereocenters. The van der Waals surface area contributed by atoms with E-state index >= 15 is 0 Å². The van der Waals surface area contributed by atoms with Gasteiger partial charge in [-0.2, -0.15) is 0 Å². The second kappa shape index (κ2) is 3.81. The third-order valence-corrected chi connectivity index (χ3v) is 2.02. The van der Waals surface area contributed by atoms with E-state index in [-0.39, 0.29) is 6.15 Å². The van der Waals surface area contributed by atoms with Gasteiger partial charge < -0.3 is 6.15 Å². The van der Waals surface area contributed by atoms with Gasteiger partial charge in [0.15, 0.2) is 0 Å². The molecule has 10 heavy (non-hydrogen) atoms. The van der Waals surface area contributed by atoms with Crippen LogP contribution in [0.3, 0.4) is 0 Å². The minimum absolute atomic E-state index is 0.